The van der Waals surface area contributed by atoms with Gasteiger partial charge in [0.25, 0.3) is 0 Å². The van der Waals surface area contributed by atoms with E-state index in [9.17, 15) is 5.11 Å². The number of hydrogen-bond acceptors (Lipinski definition) is 4. The van der Waals surface area contributed by atoms with E-state index in [1.54, 1.807) is 0 Å². The lowest BCUT2D eigenvalue weighted by molar-refractivity contribution is -0.0492. The van der Waals surface area contributed by atoms with E-state index in [1.807, 2.05) is 12.1 Å². The Labute approximate surface area is 151 Å². The second kappa shape index (κ2) is 5.56. The molecule has 0 radical (unpaired) electrons. The van der Waals surface area contributed by atoms with Crippen LogP contribution in [-0.2, 0) is 14.9 Å². The fourth-order valence-electron chi connectivity index (χ4n) is 4.63. The highest BCUT2D eigenvalue weighted by Crippen LogP contribution is 2.45. The quantitative estimate of drug-likeness (QED) is 0.838. The number of piperidine rings is 1. The van der Waals surface area contributed by atoms with Gasteiger partial charge in [-0.25, -0.2) is 0 Å². The smallest absolute Gasteiger partial charge is 0.399 e. The van der Waals surface area contributed by atoms with E-state index in [1.165, 1.54) is 12.8 Å². The first-order valence-corrected chi connectivity index (χ1v) is 9.52. The average Bonchev–Trinajstić information content (AvgIpc) is 2.88. The van der Waals surface area contributed by atoms with Gasteiger partial charge in [0.2, 0.25) is 0 Å². The third-order valence-electron chi connectivity index (χ3n) is 7.08. The van der Waals surface area contributed by atoms with Gasteiger partial charge in [-0.05, 0) is 71.5 Å². The molecule has 3 aliphatic rings. The van der Waals surface area contributed by atoms with Crippen molar-refractivity contribution < 1.29 is 14.4 Å². The van der Waals surface area contributed by atoms with Crippen molar-refractivity contribution in [2.75, 3.05) is 7.05 Å². The number of rotatable bonds is 2. The van der Waals surface area contributed by atoms with Crippen LogP contribution in [0.1, 0.15) is 58.9 Å². The van der Waals surface area contributed by atoms with Crippen LogP contribution < -0.4 is 5.46 Å². The van der Waals surface area contributed by atoms with Crippen LogP contribution in [0.4, 0.5) is 0 Å². The topological polar surface area (TPSA) is 41.9 Å². The maximum absolute atomic E-state index is 11.4. The summed E-state index contributed by atoms with van der Waals surface area (Å²) in [6.07, 6.45) is 4.01. The van der Waals surface area contributed by atoms with Gasteiger partial charge >= 0.3 is 7.12 Å². The van der Waals surface area contributed by atoms with Crippen LogP contribution >= 0.6 is 0 Å². The summed E-state index contributed by atoms with van der Waals surface area (Å²) in [7, 11) is 1.82. The van der Waals surface area contributed by atoms with Crippen molar-refractivity contribution >= 4 is 12.6 Å². The Balaban J connectivity index is 1.61. The first-order valence-electron chi connectivity index (χ1n) is 9.52. The van der Waals surface area contributed by atoms with Gasteiger partial charge < -0.3 is 19.3 Å². The van der Waals surface area contributed by atoms with Crippen molar-refractivity contribution in [3.05, 3.63) is 29.8 Å². The van der Waals surface area contributed by atoms with Gasteiger partial charge in [0.15, 0.2) is 0 Å². The first kappa shape index (κ1) is 17.5. The lowest BCUT2D eigenvalue weighted by atomic mass is 9.74. The van der Waals surface area contributed by atoms with E-state index in [4.69, 9.17) is 9.31 Å². The molecule has 2 atom stereocenters. The number of aliphatic hydroxyl groups is 1. The standard InChI is InChI=1S/C20H30BNO3/c1-18(2)19(3,4)25-21(24-18)15-8-6-7-14(11-15)20(23)12-16-9-10-17(13-20)22(16)5/h6-8,11,16-17,23H,9-10,12-13H2,1-5H3. The lowest BCUT2D eigenvalue weighted by Crippen LogP contribution is -2.48. The molecule has 1 N–H and O–H groups in total. The van der Waals surface area contributed by atoms with Gasteiger partial charge in [-0.2, -0.15) is 0 Å². The summed E-state index contributed by atoms with van der Waals surface area (Å²) >= 11 is 0. The normalized spacial score (nSPS) is 36.8. The molecule has 3 heterocycles. The number of nitrogens with zero attached hydrogens (tertiary/aromatic N) is 1. The Morgan fingerprint density at radius 2 is 1.60 bits per heavy atom. The number of hydrogen-bond donors (Lipinski definition) is 1. The second-order valence-electron chi connectivity index (χ2n) is 9.20. The van der Waals surface area contributed by atoms with Crippen LogP contribution in [0.3, 0.4) is 0 Å². The van der Waals surface area contributed by atoms with Crippen LogP contribution in [0, 0.1) is 0 Å². The van der Waals surface area contributed by atoms with E-state index in [2.05, 4.69) is 51.8 Å². The molecule has 0 saturated carbocycles. The van der Waals surface area contributed by atoms with Crippen molar-refractivity contribution in [1.82, 2.24) is 4.90 Å². The summed E-state index contributed by atoms with van der Waals surface area (Å²) in [5.41, 5.74) is 0.562. The summed E-state index contributed by atoms with van der Waals surface area (Å²) in [6.45, 7) is 8.27. The molecule has 4 nitrogen and oxygen atoms in total. The summed E-state index contributed by atoms with van der Waals surface area (Å²) in [6, 6.07) is 9.19. The first-order chi connectivity index (χ1) is 11.6. The van der Waals surface area contributed by atoms with Crippen LogP contribution in [0.15, 0.2) is 24.3 Å². The molecule has 25 heavy (non-hydrogen) atoms. The Kier molecular flexibility index (Phi) is 3.90. The van der Waals surface area contributed by atoms with Crippen molar-refractivity contribution in [1.29, 1.82) is 0 Å². The monoisotopic (exact) mass is 343 g/mol. The van der Waals surface area contributed by atoms with Gasteiger partial charge in [-0.15, -0.1) is 0 Å². The zero-order valence-electron chi connectivity index (χ0n) is 16.1. The fraction of sp³-hybridized carbons (Fsp3) is 0.700. The minimum absolute atomic E-state index is 0.350. The number of benzene rings is 1. The summed E-state index contributed by atoms with van der Waals surface area (Å²) in [5, 5.41) is 11.4. The van der Waals surface area contributed by atoms with Crippen molar-refractivity contribution in [2.24, 2.45) is 0 Å². The van der Waals surface area contributed by atoms with Gasteiger partial charge in [-0.1, -0.05) is 24.3 Å². The van der Waals surface area contributed by atoms with E-state index < -0.39 is 5.60 Å². The molecule has 4 rings (SSSR count). The molecular weight excluding hydrogens is 313 g/mol. The lowest BCUT2D eigenvalue weighted by Gasteiger charge is -2.42. The predicted octanol–water partition coefficient (Wildman–Crippen LogP) is 2.43. The molecule has 0 spiro atoms. The third kappa shape index (κ3) is 2.76. The SMILES string of the molecule is CN1C2CCC1CC(O)(c1cccc(B3OC(C)(C)C(C)(C)O3)c1)C2. The Morgan fingerprint density at radius 1 is 1.04 bits per heavy atom. The van der Waals surface area contributed by atoms with Crippen LogP contribution in [0.2, 0.25) is 0 Å². The zero-order valence-corrected chi connectivity index (χ0v) is 16.1. The Bertz CT molecular complexity index is 645. The van der Waals surface area contributed by atoms with E-state index in [-0.39, 0.29) is 18.3 Å². The third-order valence-corrected chi connectivity index (χ3v) is 7.08. The maximum atomic E-state index is 11.4. The molecule has 136 valence electrons. The Morgan fingerprint density at radius 3 is 2.16 bits per heavy atom. The maximum Gasteiger partial charge on any atom is 0.494 e. The Hall–Kier alpha value is -0.875. The molecule has 3 fully saturated rings. The highest BCUT2D eigenvalue weighted by atomic mass is 16.7. The molecule has 1 aromatic carbocycles. The molecular formula is C20H30BNO3. The van der Waals surface area contributed by atoms with Gasteiger partial charge in [0, 0.05) is 12.1 Å². The molecule has 2 unspecified atom stereocenters. The van der Waals surface area contributed by atoms with E-state index in [0.29, 0.717) is 12.1 Å². The fourth-order valence-corrected chi connectivity index (χ4v) is 4.63. The molecule has 0 aromatic heterocycles. The highest BCUT2D eigenvalue weighted by Gasteiger charge is 2.52. The van der Waals surface area contributed by atoms with Gasteiger partial charge in [0.1, 0.15) is 0 Å². The van der Waals surface area contributed by atoms with E-state index >= 15 is 0 Å². The molecule has 2 bridgehead atoms. The largest absolute Gasteiger partial charge is 0.494 e. The molecule has 1 aromatic rings. The van der Waals surface area contributed by atoms with Gasteiger partial charge in [-0.3, -0.25) is 0 Å². The average molecular weight is 343 g/mol. The van der Waals surface area contributed by atoms with Crippen molar-refractivity contribution in [2.45, 2.75) is 82.3 Å². The molecule has 0 amide bonds. The predicted molar refractivity (Wildman–Crippen MR) is 99.9 cm³/mol. The van der Waals surface area contributed by atoms with Gasteiger partial charge in [0.05, 0.1) is 16.8 Å². The summed E-state index contributed by atoms with van der Waals surface area (Å²) in [4.78, 5) is 2.45. The minimum atomic E-state index is -0.738. The van der Waals surface area contributed by atoms with Crippen LogP contribution in [-0.4, -0.2) is 47.5 Å². The minimum Gasteiger partial charge on any atom is -0.399 e. The summed E-state index contributed by atoms with van der Waals surface area (Å²) in [5.74, 6) is 0. The second-order valence-corrected chi connectivity index (χ2v) is 9.20. The van der Waals surface area contributed by atoms with Crippen molar-refractivity contribution in [3.8, 4) is 0 Å². The molecule has 3 aliphatic heterocycles. The van der Waals surface area contributed by atoms with Crippen LogP contribution in [0.5, 0.6) is 0 Å². The molecule has 0 aliphatic carbocycles. The highest BCUT2D eigenvalue weighted by molar-refractivity contribution is 6.62. The molecule has 5 heteroatoms. The van der Waals surface area contributed by atoms with E-state index in [0.717, 1.165) is 23.9 Å². The molecule has 3 saturated heterocycles. The number of fused-ring (bicyclic) bond motifs is 2. The zero-order chi connectivity index (χ0) is 18.0. The van der Waals surface area contributed by atoms with Crippen LogP contribution in [0.25, 0.3) is 0 Å². The summed E-state index contributed by atoms with van der Waals surface area (Å²) < 4.78 is 12.4. The van der Waals surface area contributed by atoms with Crippen molar-refractivity contribution in [3.63, 3.8) is 0 Å².